The molecule has 0 amide bonds. The second-order valence-corrected chi connectivity index (χ2v) is 2.84. The molecular weight excluding hydrogens is 199 g/mol. The van der Waals surface area contributed by atoms with Crippen LogP contribution in [0.2, 0.25) is 0 Å². The maximum atomic E-state index is 11.8. The largest absolute Gasteiger partial charge is 0.266 e. The van der Waals surface area contributed by atoms with Crippen LogP contribution in [-0.2, 0) is 6.54 Å². The fourth-order valence-electron chi connectivity index (χ4n) is 0.729. The van der Waals surface area contributed by atoms with Crippen LogP contribution in [0.4, 0.5) is 4.39 Å². The normalized spacial score (nSPS) is 10.3. The maximum Gasteiger partial charge on any atom is 0.109 e. The second-order valence-electron chi connectivity index (χ2n) is 1.99. The van der Waals surface area contributed by atoms with Crippen molar-refractivity contribution >= 4 is 15.9 Å². The van der Waals surface area contributed by atoms with Crippen LogP contribution in [0.3, 0.4) is 0 Å². The summed E-state index contributed by atoms with van der Waals surface area (Å²) in [5.41, 5.74) is 0.970. The van der Waals surface area contributed by atoms with Crippen molar-refractivity contribution in [1.82, 2.24) is 9.78 Å². The summed E-state index contributed by atoms with van der Waals surface area (Å²) in [6, 6.07) is 0. The van der Waals surface area contributed by atoms with Gasteiger partial charge in [0.15, 0.2) is 0 Å². The van der Waals surface area contributed by atoms with Crippen molar-refractivity contribution in [1.29, 1.82) is 0 Å². The highest BCUT2D eigenvalue weighted by Gasteiger charge is 2.01. The molecule has 0 N–H and O–H groups in total. The lowest BCUT2D eigenvalue weighted by Crippen LogP contribution is -2.03. The number of hydrogen-bond acceptors (Lipinski definition) is 1. The molecule has 56 valence electrons. The smallest absolute Gasteiger partial charge is 0.109 e. The molecule has 0 bridgehead atoms. The maximum absolute atomic E-state index is 11.8. The highest BCUT2D eigenvalue weighted by atomic mass is 79.9. The zero-order chi connectivity index (χ0) is 7.56. The van der Waals surface area contributed by atoms with Gasteiger partial charge in [-0.2, -0.15) is 5.10 Å². The van der Waals surface area contributed by atoms with Crippen LogP contribution in [0.1, 0.15) is 5.69 Å². The fraction of sp³-hybridized carbons (Fsp3) is 0.500. The number of halogens is 2. The first kappa shape index (κ1) is 7.72. The third kappa shape index (κ3) is 1.37. The molecule has 1 aromatic rings. The Labute approximate surface area is 67.2 Å². The zero-order valence-electron chi connectivity index (χ0n) is 5.64. The van der Waals surface area contributed by atoms with E-state index in [0.717, 1.165) is 10.2 Å². The minimum atomic E-state index is -0.366. The van der Waals surface area contributed by atoms with E-state index in [2.05, 4.69) is 21.0 Å². The van der Waals surface area contributed by atoms with Gasteiger partial charge in [-0.25, -0.2) is 4.39 Å². The standard InChI is InChI=1S/C6H8BrFN2/c1-5-6(7)4-9-10(5)3-2-8/h4H,2-3H2,1H3. The van der Waals surface area contributed by atoms with E-state index in [1.165, 1.54) is 0 Å². The molecule has 0 fully saturated rings. The first-order chi connectivity index (χ1) is 4.75. The molecule has 0 saturated carbocycles. The van der Waals surface area contributed by atoms with Crippen molar-refractivity contribution in [2.45, 2.75) is 13.5 Å². The van der Waals surface area contributed by atoms with Gasteiger partial charge in [0.1, 0.15) is 6.67 Å². The lowest BCUT2D eigenvalue weighted by molar-refractivity contribution is 0.423. The number of aryl methyl sites for hydroxylation is 1. The van der Waals surface area contributed by atoms with Crippen LogP contribution < -0.4 is 0 Å². The zero-order valence-corrected chi connectivity index (χ0v) is 7.23. The molecule has 0 radical (unpaired) electrons. The number of hydrogen-bond donors (Lipinski definition) is 0. The summed E-state index contributed by atoms with van der Waals surface area (Å²) in [6.07, 6.45) is 1.67. The molecule has 0 unspecified atom stereocenters. The van der Waals surface area contributed by atoms with E-state index in [1.807, 2.05) is 6.92 Å². The molecule has 0 aliphatic rings. The van der Waals surface area contributed by atoms with Gasteiger partial charge in [-0.1, -0.05) is 0 Å². The van der Waals surface area contributed by atoms with Gasteiger partial charge >= 0.3 is 0 Å². The molecule has 0 aromatic carbocycles. The molecule has 0 aliphatic carbocycles. The average Bonchev–Trinajstić information content (AvgIpc) is 2.20. The van der Waals surface area contributed by atoms with Crippen molar-refractivity contribution in [2.24, 2.45) is 0 Å². The SMILES string of the molecule is Cc1c(Br)cnn1CCF. The van der Waals surface area contributed by atoms with Crippen LogP contribution in [0.25, 0.3) is 0 Å². The van der Waals surface area contributed by atoms with Gasteiger partial charge in [-0.3, -0.25) is 4.68 Å². The molecule has 10 heavy (non-hydrogen) atoms. The summed E-state index contributed by atoms with van der Waals surface area (Å²) in [7, 11) is 0. The van der Waals surface area contributed by atoms with Gasteiger partial charge in [-0.05, 0) is 22.9 Å². The van der Waals surface area contributed by atoms with Crippen molar-refractivity contribution < 1.29 is 4.39 Å². The highest BCUT2D eigenvalue weighted by Crippen LogP contribution is 2.13. The monoisotopic (exact) mass is 206 g/mol. The molecule has 1 rings (SSSR count). The van der Waals surface area contributed by atoms with Gasteiger partial charge < -0.3 is 0 Å². The van der Waals surface area contributed by atoms with Crippen molar-refractivity contribution in [3.8, 4) is 0 Å². The highest BCUT2D eigenvalue weighted by molar-refractivity contribution is 9.10. The van der Waals surface area contributed by atoms with Gasteiger partial charge in [0, 0.05) is 5.69 Å². The van der Waals surface area contributed by atoms with Crippen molar-refractivity contribution in [2.75, 3.05) is 6.67 Å². The number of aromatic nitrogens is 2. The fourth-order valence-corrected chi connectivity index (χ4v) is 1.03. The van der Waals surface area contributed by atoms with Crippen LogP contribution in [0.5, 0.6) is 0 Å². The molecule has 1 aromatic heterocycles. The summed E-state index contributed by atoms with van der Waals surface area (Å²) < 4.78 is 14.4. The summed E-state index contributed by atoms with van der Waals surface area (Å²) >= 11 is 3.28. The third-order valence-corrected chi connectivity index (χ3v) is 2.12. The Bertz CT molecular complexity index is 222. The number of nitrogens with zero attached hydrogens (tertiary/aromatic N) is 2. The Balaban J connectivity index is 2.83. The molecule has 0 spiro atoms. The minimum absolute atomic E-state index is 0.345. The quantitative estimate of drug-likeness (QED) is 0.724. The first-order valence-corrected chi connectivity index (χ1v) is 3.79. The molecule has 0 atom stereocenters. The van der Waals surface area contributed by atoms with Crippen molar-refractivity contribution in [3.63, 3.8) is 0 Å². The number of rotatable bonds is 2. The molecule has 0 saturated heterocycles. The van der Waals surface area contributed by atoms with Gasteiger partial charge in [0.25, 0.3) is 0 Å². The Morgan fingerprint density at radius 1 is 1.80 bits per heavy atom. The van der Waals surface area contributed by atoms with E-state index in [0.29, 0.717) is 6.54 Å². The van der Waals surface area contributed by atoms with E-state index in [4.69, 9.17) is 0 Å². The van der Waals surface area contributed by atoms with Gasteiger partial charge in [-0.15, -0.1) is 0 Å². The molecule has 0 aliphatic heterocycles. The van der Waals surface area contributed by atoms with E-state index in [-0.39, 0.29) is 6.67 Å². The Morgan fingerprint density at radius 3 is 2.90 bits per heavy atom. The third-order valence-electron chi connectivity index (χ3n) is 1.34. The van der Waals surface area contributed by atoms with E-state index in [9.17, 15) is 4.39 Å². The predicted molar refractivity (Wildman–Crippen MR) is 40.6 cm³/mol. The summed E-state index contributed by atoms with van der Waals surface area (Å²) in [4.78, 5) is 0. The molecule has 2 nitrogen and oxygen atoms in total. The van der Waals surface area contributed by atoms with Gasteiger partial charge in [0.2, 0.25) is 0 Å². The molecular formula is C6H8BrFN2. The number of alkyl halides is 1. The minimum Gasteiger partial charge on any atom is -0.266 e. The van der Waals surface area contributed by atoms with Crippen LogP contribution >= 0.6 is 15.9 Å². The summed E-state index contributed by atoms with van der Waals surface area (Å²) in [6.45, 7) is 1.87. The van der Waals surface area contributed by atoms with E-state index < -0.39 is 0 Å². The van der Waals surface area contributed by atoms with Crippen molar-refractivity contribution in [3.05, 3.63) is 16.4 Å². The Kier molecular flexibility index (Phi) is 2.43. The summed E-state index contributed by atoms with van der Waals surface area (Å²) in [5.74, 6) is 0. The Morgan fingerprint density at radius 2 is 2.50 bits per heavy atom. The summed E-state index contributed by atoms with van der Waals surface area (Å²) in [5, 5.41) is 3.93. The lowest BCUT2D eigenvalue weighted by atomic mass is 10.5. The van der Waals surface area contributed by atoms with Gasteiger partial charge in [0.05, 0.1) is 17.2 Å². The topological polar surface area (TPSA) is 17.8 Å². The van der Waals surface area contributed by atoms with E-state index in [1.54, 1.807) is 10.9 Å². The first-order valence-electron chi connectivity index (χ1n) is 2.99. The average molecular weight is 207 g/mol. The van der Waals surface area contributed by atoms with Crippen LogP contribution in [0.15, 0.2) is 10.7 Å². The lowest BCUT2D eigenvalue weighted by Gasteiger charge is -1.98. The van der Waals surface area contributed by atoms with Crippen LogP contribution in [-0.4, -0.2) is 16.5 Å². The van der Waals surface area contributed by atoms with E-state index >= 15 is 0 Å². The Hall–Kier alpha value is -0.380. The second kappa shape index (κ2) is 3.14. The molecule has 1 heterocycles. The molecule has 4 heteroatoms. The predicted octanol–water partition coefficient (Wildman–Crippen LogP) is 1.92. The van der Waals surface area contributed by atoms with Crippen LogP contribution in [0, 0.1) is 6.92 Å².